The number of benzene rings is 3. The van der Waals surface area contributed by atoms with Gasteiger partial charge in [0.2, 0.25) is 10.0 Å². The van der Waals surface area contributed by atoms with Crippen LogP contribution >= 0.6 is 15.9 Å². The molecule has 3 rings (SSSR count). The van der Waals surface area contributed by atoms with E-state index < -0.39 is 10.0 Å². The lowest BCUT2D eigenvalue weighted by atomic mass is 10.1. The van der Waals surface area contributed by atoms with Crippen LogP contribution in [0.15, 0.2) is 82.4 Å². The Morgan fingerprint density at radius 3 is 2.27 bits per heavy atom. The van der Waals surface area contributed by atoms with Gasteiger partial charge in [0.15, 0.2) is 0 Å². The van der Waals surface area contributed by atoms with Gasteiger partial charge < -0.3 is 4.90 Å². The highest BCUT2D eigenvalue weighted by Gasteiger charge is 2.17. The maximum atomic E-state index is 12.4. The number of para-hydroxylation sites is 1. The molecule has 0 atom stereocenters. The summed E-state index contributed by atoms with van der Waals surface area (Å²) in [4.78, 5) is 14.4. The number of nitrogens with one attached hydrogen (secondary N) is 1. The lowest BCUT2D eigenvalue weighted by Crippen LogP contribution is -2.29. The van der Waals surface area contributed by atoms with Crippen LogP contribution in [0.5, 0.6) is 0 Å². The van der Waals surface area contributed by atoms with Crippen molar-refractivity contribution < 1.29 is 13.2 Å². The topological polar surface area (TPSA) is 82.1 Å². The number of halogens is 1. The van der Waals surface area contributed by atoms with Gasteiger partial charge in [-0.2, -0.15) is 5.10 Å². The average molecular weight is 529 g/mol. The SMILES string of the molecule is CN(C)c1ccc(/C=N\NC(=O)c2ccc(CN(c3ccccc3)S(C)(=O)=O)cc2)cc1Br. The lowest BCUT2D eigenvalue weighted by Gasteiger charge is -2.22. The van der Waals surface area contributed by atoms with Crippen molar-refractivity contribution in [2.24, 2.45) is 5.10 Å². The molecule has 33 heavy (non-hydrogen) atoms. The van der Waals surface area contributed by atoms with Crippen LogP contribution in [0.4, 0.5) is 11.4 Å². The van der Waals surface area contributed by atoms with E-state index in [1.54, 1.807) is 54.7 Å². The van der Waals surface area contributed by atoms with Crippen molar-refractivity contribution in [1.29, 1.82) is 0 Å². The number of carbonyl (C=O) groups is 1. The number of amides is 1. The highest BCUT2D eigenvalue weighted by molar-refractivity contribution is 9.10. The minimum atomic E-state index is -3.46. The van der Waals surface area contributed by atoms with Crippen LogP contribution in [0, 0.1) is 0 Å². The second kappa shape index (κ2) is 10.6. The minimum Gasteiger partial charge on any atom is -0.377 e. The first-order valence-electron chi connectivity index (χ1n) is 10.1. The first-order chi connectivity index (χ1) is 15.6. The van der Waals surface area contributed by atoms with Gasteiger partial charge in [0, 0.05) is 24.1 Å². The molecule has 0 aromatic heterocycles. The zero-order chi connectivity index (χ0) is 24.0. The molecule has 0 heterocycles. The number of hydrazone groups is 1. The minimum absolute atomic E-state index is 0.167. The monoisotopic (exact) mass is 528 g/mol. The van der Waals surface area contributed by atoms with Crippen LogP contribution in [-0.4, -0.2) is 40.9 Å². The van der Waals surface area contributed by atoms with Crippen molar-refractivity contribution in [3.05, 3.63) is 94.0 Å². The van der Waals surface area contributed by atoms with E-state index in [1.165, 1.54) is 10.6 Å². The Hall–Kier alpha value is -3.17. The van der Waals surface area contributed by atoms with Crippen LogP contribution in [-0.2, 0) is 16.6 Å². The van der Waals surface area contributed by atoms with Gasteiger partial charge in [-0.3, -0.25) is 9.10 Å². The van der Waals surface area contributed by atoms with Crippen molar-refractivity contribution in [3.63, 3.8) is 0 Å². The van der Waals surface area contributed by atoms with Gasteiger partial charge in [0.05, 0.1) is 30.4 Å². The van der Waals surface area contributed by atoms with Gasteiger partial charge in [0.1, 0.15) is 0 Å². The molecule has 0 fully saturated rings. The van der Waals surface area contributed by atoms with Gasteiger partial charge in [-0.1, -0.05) is 36.4 Å². The molecule has 0 aliphatic rings. The van der Waals surface area contributed by atoms with E-state index in [4.69, 9.17) is 0 Å². The van der Waals surface area contributed by atoms with Crippen molar-refractivity contribution in [1.82, 2.24) is 5.43 Å². The summed E-state index contributed by atoms with van der Waals surface area (Å²) in [5.74, 6) is -0.357. The van der Waals surface area contributed by atoms with Gasteiger partial charge in [-0.05, 0) is 63.5 Å². The van der Waals surface area contributed by atoms with Crippen molar-refractivity contribution in [3.8, 4) is 0 Å². The molecule has 1 amide bonds. The molecular formula is C24H25BrN4O3S. The van der Waals surface area contributed by atoms with E-state index in [-0.39, 0.29) is 12.5 Å². The molecule has 1 N–H and O–H groups in total. The molecule has 0 saturated carbocycles. The smallest absolute Gasteiger partial charge is 0.271 e. The summed E-state index contributed by atoms with van der Waals surface area (Å²) in [5.41, 5.74) is 6.16. The predicted octanol–water partition coefficient (Wildman–Crippen LogP) is 4.25. The lowest BCUT2D eigenvalue weighted by molar-refractivity contribution is 0.0955. The fourth-order valence-corrected chi connectivity index (χ4v) is 4.76. The molecule has 7 nitrogen and oxygen atoms in total. The molecule has 9 heteroatoms. The Morgan fingerprint density at radius 1 is 1.03 bits per heavy atom. The number of sulfonamides is 1. The third-order valence-corrected chi connectivity index (χ3v) is 6.60. The van der Waals surface area contributed by atoms with Crippen LogP contribution in [0.3, 0.4) is 0 Å². The zero-order valence-electron chi connectivity index (χ0n) is 18.6. The van der Waals surface area contributed by atoms with Crippen LogP contribution in [0.1, 0.15) is 21.5 Å². The Bertz CT molecular complexity index is 1240. The van der Waals surface area contributed by atoms with E-state index in [0.717, 1.165) is 21.3 Å². The number of anilines is 2. The highest BCUT2D eigenvalue weighted by Crippen LogP contribution is 2.25. The fourth-order valence-electron chi connectivity index (χ4n) is 3.12. The van der Waals surface area contributed by atoms with E-state index in [0.29, 0.717) is 11.3 Å². The van der Waals surface area contributed by atoms with E-state index in [1.807, 2.05) is 43.3 Å². The predicted molar refractivity (Wildman–Crippen MR) is 137 cm³/mol. The molecular weight excluding hydrogens is 504 g/mol. The van der Waals surface area contributed by atoms with Crippen molar-refractivity contribution in [2.45, 2.75) is 6.54 Å². The molecule has 0 radical (unpaired) electrons. The molecule has 0 spiro atoms. The first-order valence-corrected chi connectivity index (χ1v) is 12.7. The van der Waals surface area contributed by atoms with E-state index in [9.17, 15) is 13.2 Å². The van der Waals surface area contributed by atoms with Gasteiger partial charge in [-0.25, -0.2) is 13.8 Å². The fraction of sp³-hybridized carbons (Fsp3) is 0.167. The van der Waals surface area contributed by atoms with Crippen molar-refractivity contribution in [2.75, 3.05) is 29.6 Å². The zero-order valence-corrected chi connectivity index (χ0v) is 21.0. The standard InChI is InChI=1S/C24H25BrN4O3S/c1-28(2)23-14-11-19(15-22(23)25)16-26-27-24(30)20-12-9-18(10-13-20)17-29(33(3,31)32)21-7-5-4-6-8-21/h4-16H,17H2,1-3H3,(H,27,30)/b26-16-. The van der Waals surface area contributed by atoms with Crippen LogP contribution in [0.2, 0.25) is 0 Å². The largest absolute Gasteiger partial charge is 0.377 e. The number of hydrogen-bond acceptors (Lipinski definition) is 5. The summed E-state index contributed by atoms with van der Waals surface area (Å²) in [7, 11) is 0.453. The molecule has 172 valence electrons. The third kappa shape index (κ3) is 6.66. The summed E-state index contributed by atoms with van der Waals surface area (Å²) in [6.45, 7) is 0.167. The Balaban J connectivity index is 1.65. The summed E-state index contributed by atoms with van der Waals surface area (Å²) in [6.07, 6.45) is 2.74. The maximum Gasteiger partial charge on any atom is 0.271 e. The van der Waals surface area contributed by atoms with Gasteiger partial charge >= 0.3 is 0 Å². The molecule has 0 bridgehead atoms. The number of carbonyl (C=O) groups excluding carboxylic acids is 1. The second-order valence-electron chi connectivity index (χ2n) is 7.61. The van der Waals surface area contributed by atoms with Gasteiger partial charge in [-0.15, -0.1) is 0 Å². The number of nitrogens with zero attached hydrogens (tertiary/aromatic N) is 3. The summed E-state index contributed by atoms with van der Waals surface area (Å²) < 4.78 is 26.8. The first kappa shape index (κ1) is 24.5. The second-order valence-corrected chi connectivity index (χ2v) is 10.4. The average Bonchev–Trinajstić information content (AvgIpc) is 2.77. The number of hydrogen-bond donors (Lipinski definition) is 1. The molecule has 0 unspecified atom stereocenters. The summed E-state index contributed by atoms with van der Waals surface area (Å²) in [6, 6.07) is 21.4. The molecule has 3 aromatic rings. The van der Waals surface area contributed by atoms with Crippen LogP contribution in [0.25, 0.3) is 0 Å². The van der Waals surface area contributed by atoms with Crippen LogP contribution < -0.4 is 14.6 Å². The van der Waals surface area contributed by atoms with E-state index >= 15 is 0 Å². The Morgan fingerprint density at radius 2 is 1.70 bits per heavy atom. The van der Waals surface area contributed by atoms with E-state index in [2.05, 4.69) is 26.5 Å². The normalized spacial score (nSPS) is 11.4. The Labute approximate surface area is 202 Å². The third-order valence-electron chi connectivity index (χ3n) is 4.82. The molecule has 0 aliphatic carbocycles. The molecule has 0 saturated heterocycles. The highest BCUT2D eigenvalue weighted by atomic mass is 79.9. The quantitative estimate of drug-likeness (QED) is 0.350. The maximum absolute atomic E-state index is 12.4. The van der Waals surface area contributed by atoms with Crippen molar-refractivity contribution >= 4 is 49.4 Å². The summed E-state index contributed by atoms with van der Waals surface area (Å²) >= 11 is 3.52. The molecule has 3 aromatic carbocycles. The molecule has 0 aliphatic heterocycles. The Kier molecular flexibility index (Phi) is 7.88. The number of rotatable bonds is 8. The van der Waals surface area contributed by atoms with Gasteiger partial charge in [0.25, 0.3) is 5.91 Å². The summed E-state index contributed by atoms with van der Waals surface area (Å²) in [5, 5.41) is 4.03.